The Morgan fingerprint density at radius 2 is 1.14 bits per heavy atom. The molecule has 0 aromatic carbocycles. The zero-order valence-corrected chi connectivity index (χ0v) is 15.5. The van der Waals surface area contributed by atoms with Gasteiger partial charge in [-0.05, 0) is 31.6 Å². The topological polar surface area (TPSA) is 0 Å². The fraction of sp³-hybridized carbons (Fsp3) is 0.818. The van der Waals surface area contributed by atoms with Crippen LogP contribution < -0.4 is 0 Å². The normalized spacial score (nSPS) is 13.0. The molecular formula is C22H42. The second-order valence-corrected chi connectivity index (χ2v) is 6.79. The lowest BCUT2D eigenvalue weighted by molar-refractivity contribution is 0.404. The Hall–Kier alpha value is -0.260. The summed E-state index contributed by atoms with van der Waals surface area (Å²) in [6.07, 6.45) is 26.2. The molecule has 0 heterocycles. The minimum atomic E-state index is 0.968. The van der Waals surface area contributed by atoms with Crippen molar-refractivity contribution >= 4 is 0 Å². The second-order valence-electron chi connectivity index (χ2n) is 6.79. The zero-order chi connectivity index (χ0) is 16.3. The molecule has 0 aliphatic heterocycles. The van der Waals surface area contributed by atoms with Crippen LogP contribution in [0.1, 0.15) is 110 Å². The van der Waals surface area contributed by atoms with E-state index in [1.807, 2.05) is 0 Å². The Morgan fingerprint density at radius 1 is 0.636 bits per heavy atom. The van der Waals surface area contributed by atoms with E-state index in [0.29, 0.717) is 0 Å². The lowest BCUT2D eigenvalue weighted by Gasteiger charge is -2.13. The Kier molecular flexibility index (Phi) is 18.6. The minimum Gasteiger partial charge on any atom is -0.0885 e. The van der Waals surface area contributed by atoms with Crippen molar-refractivity contribution in [3.05, 3.63) is 26.0 Å². The molecule has 22 heavy (non-hydrogen) atoms. The van der Waals surface area contributed by atoms with Crippen molar-refractivity contribution in [3.8, 4) is 0 Å². The van der Waals surface area contributed by atoms with Crippen LogP contribution in [0.25, 0.3) is 0 Å². The summed E-state index contributed by atoms with van der Waals surface area (Å²) in [5.41, 5.74) is 0. The number of unbranched alkanes of at least 4 members (excludes halogenated alkanes) is 10. The Bertz CT molecular complexity index is 216. The molecule has 0 aliphatic carbocycles. The molecule has 0 amide bonds. The highest BCUT2D eigenvalue weighted by molar-refractivity contribution is 4.81. The molecule has 0 bridgehead atoms. The first kappa shape index (κ1) is 21.7. The third kappa shape index (κ3) is 16.1. The summed E-state index contributed by atoms with van der Waals surface area (Å²) in [6, 6.07) is 0. The summed E-state index contributed by atoms with van der Waals surface area (Å²) in [6.45, 7) is 10.2. The van der Waals surface area contributed by atoms with Gasteiger partial charge in [0.1, 0.15) is 0 Å². The smallest absolute Gasteiger partial charge is 0.0351 e. The van der Waals surface area contributed by atoms with Crippen LogP contribution in [0.15, 0.2) is 12.2 Å². The van der Waals surface area contributed by atoms with E-state index >= 15 is 0 Å². The van der Waals surface area contributed by atoms with Crippen LogP contribution in [0.3, 0.4) is 0 Å². The molecule has 0 saturated carbocycles. The van der Waals surface area contributed by atoms with Gasteiger partial charge in [-0.15, -0.1) is 0 Å². The fourth-order valence-corrected chi connectivity index (χ4v) is 3.07. The van der Waals surface area contributed by atoms with Gasteiger partial charge in [-0.1, -0.05) is 110 Å². The number of hydrogen-bond donors (Lipinski definition) is 0. The van der Waals surface area contributed by atoms with Gasteiger partial charge in [-0.2, -0.15) is 0 Å². The number of hydrogen-bond acceptors (Lipinski definition) is 0. The SMILES string of the molecule is [CH2]CCCCCCC=CCCCC(CC)CCCCCC[CH2]. The monoisotopic (exact) mass is 306 g/mol. The molecule has 0 N–H and O–H groups in total. The highest BCUT2D eigenvalue weighted by Crippen LogP contribution is 2.20. The maximum absolute atomic E-state index is 3.92. The third-order valence-corrected chi connectivity index (χ3v) is 4.71. The van der Waals surface area contributed by atoms with Crippen LogP contribution in [0.5, 0.6) is 0 Å². The van der Waals surface area contributed by atoms with Gasteiger partial charge in [0.2, 0.25) is 0 Å². The lowest BCUT2D eigenvalue weighted by Crippen LogP contribution is -1.98. The van der Waals surface area contributed by atoms with Crippen LogP contribution >= 0.6 is 0 Å². The van der Waals surface area contributed by atoms with Gasteiger partial charge < -0.3 is 0 Å². The summed E-state index contributed by atoms with van der Waals surface area (Å²) >= 11 is 0. The van der Waals surface area contributed by atoms with Crippen LogP contribution in [0.2, 0.25) is 0 Å². The maximum atomic E-state index is 3.92. The van der Waals surface area contributed by atoms with E-state index < -0.39 is 0 Å². The molecule has 0 aromatic heterocycles. The Morgan fingerprint density at radius 3 is 1.73 bits per heavy atom. The summed E-state index contributed by atoms with van der Waals surface area (Å²) < 4.78 is 0. The molecule has 0 saturated heterocycles. The summed E-state index contributed by atoms with van der Waals surface area (Å²) in [4.78, 5) is 0. The highest BCUT2D eigenvalue weighted by atomic mass is 14.1. The van der Waals surface area contributed by atoms with E-state index in [1.165, 1.54) is 89.9 Å². The fourth-order valence-electron chi connectivity index (χ4n) is 3.07. The van der Waals surface area contributed by atoms with Crippen molar-refractivity contribution in [2.45, 2.75) is 110 Å². The van der Waals surface area contributed by atoms with Crippen molar-refractivity contribution in [2.24, 2.45) is 5.92 Å². The first-order valence-corrected chi connectivity index (χ1v) is 10.1. The number of rotatable bonds is 17. The molecule has 1 unspecified atom stereocenters. The molecule has 0 aromatic rings. The molecule has 0 aliphatic rings. The van der Waals surface area contributed by atoms with Gasteiger partial charge in [0.15, 0.2) is 0 Å². The van der Waals surface area contributed by atoms with Gasteiger partial charge in [0.25, 0.3) is 0 Å². The molecule has 0 fully saturated rings. The standard InChI is InChI=1S/C22H42/c1-4-7-9-11-12-13-14-15-17-19-21-22(6-3)20-18-16-10-8-5-2/h14-15,22H,1-2,4-13,16-21H2,3H3. The van der Waals surface area contributed by atoms with Crippen LogP contribution in [-0.4, -0.2) is 0 Å². The molecule has 1 atom stereocenters. The summed E-state index contributed by atoms with van der Waals surface area (Å²) in [5, 5.41) is 0. The predicted octanol–water partition coefficient (Wildman–Crippen LogP) is 8.09. The maximum Gasteiger partial charge on any atom is -0.0351 e. The molecule has 0 spiro atoms. The van der Waals surface area contributed by atoms with Gasteiger partial charge >= 0.3 is 0 Å². The van der Waals surface area contributed by atoms with E-state index in [4.69, 9.17) is 0 Å². The first-order chi connectivity index (χ1) is 10.8. The number of allylic oxidation sites excluding steroid dienone is 2. The van der Waals surface area contributed by atoms with Gasteiger partial charge in [0, 0.05) is 0 Å². The van der Waals surface area contributed by atoms with Crippen LogP contribution in [0, 0.1) is 19.8 Å². The average Bonchev–Trinajstić information content (AvgIpc) is 2.54. The van der Waals surface area contributed by atoms with Crippen molar-refractivity contribution in [1.82, 2.24) is 0 Å². The largest absolute Gasteiger partial charge is 0.0885 e. The zero-order valence-electron chi connectivity index (χ0n) is 15.5. The molecule has 0 heteroatoms. The van der Waals surface area contributed by atoms with E-state index in [9.17, 15) is 0 Å². The Balaban J connectivity index is 3.38. The van der Waals surface area contributed by atoms with Gasteiger partial charge in [-0.3, -0.25) is 0 Å². The first-order valence-electron chi connectivity index (χ1n) is 10.1. The Labute approximate surface area is 142 Å². The van der Waals surface area contributed by atoms with Crippen LogP contribution in [0.4, 0.5) is 0 Å². The van der Waals surface area contributed by atoms with E-state index in [0.717, 1.165) is 18.8 Å². The van der Waals surface area contributed by atoms with Gasteiger partial charge in [0.05, 0.1) is 0 Å². The quantitative estimate of drug-likeness (QED) is 0.188. The van der Waals surface area contributed by atoms with Crippen molar-refractivity contribution in [3.63, 3.8) is 0 Å². The highest BCUT2D eigenvalue weighted by Gasteiger charge is 2.05. The average molecular weight is 307 g/mol. The van der Waals surface area contributed by atoms with Crippen molar-refractivity contribution < 1.29 is 0 Å². The minimum absolute atomic E-state index is 0.968. The van der Waals surface area contributed by atoms with Crippen LogP contribution in [-0.2, 0) is 0 Å². The molecule has 0 rings (SSSR count). The molecular weight excluding hydrogens is 264 g/mol. The molecule has 2 radical (unpaired) electrons. The lowest BCUT2D eigenvalue weighted by atomic mass is 9.93. The third-order valence-electron chi connectivity index (χ3n) is 4.71. The summed E-state index contributed by atoms with van der Waals surface area (Å²) in [5.74, 6) is 0.968. The molecule has 130 valence electrons. The van der Waals surface area contributed by atoms with Gasteiger partial charge in [-0.25, -0.2) is 0 Å². The van der Waals surface area contributed by atoms with E-state index in [2.05, 4.69) is 32.9 Å². The predicted molar refractivity (Wildman–Crippen MR) is 103 cm³/mol. The van der Waals surface area contributed by atoms with Crippen molar-refractivity contribution in [1.29, 1.82) is 0 Å². The van der Waals surface area contributed by atoms with E-state index in [1.54, 1.807) is 0 Å². The molecule has 0 nitrogen and oxygen atoms in total. The van der Waals surface area contributed by atoms with Crippen molar-refractivity contribution in [2.75, 3.05) is 0 Å². The van der Waals surface area contributed by atoms with E-state index in [-0.39, 0.29) is 0 Å². The second kappa shape index (κ2) is 18.8. The summed E-state index contributed by atoms with van der Waals surface area (Å²) in [7, 11) is 0.